The van der Waals surface area contributed by atoms with Gasteiger partial charge >= 0.3 is 5.97 Å². The molecule has 0 spiro atoms. The standard InChI is InChI=1S/C18H22O5/c1-4-23-17(21)15-13(20)10-18(3,22)16(11(2)19)14(15)12-8-6-5-7-9-12/h5-9,14-16,22H,4,10H2,1-3H3. The first-order valence-electron chi connectivity index (χ1n) is 7.76. The molecule has 4 unspecified atom stereocenters. The van der Waals surface area contributed by atoms with Crippen LogP contribution in [0.1, 0.15) is 38.7 Å². The molecule has 1 N–H and O–H groups in total. The molecule has 1 saturated carbocycles. The summed E-state index contributed by atoms with van der Waals surface area (Å²) in [7, 11) is 0. The summed E-state index contributed by atoms with van der Waals surface area (Å²) in [5, 5.41) is 10.6. The van der Waals surface area contributed by atoms with E-state index in [2.05, 4.69) is 0 Å². The molecule has 23 heavy (non-hydrogen) atoms. The van der Waals surface area contributed by atoms with Crippen LogP contribution in [0.4, 0.5) is 0 Å². The molecule has 0 amide bonds. The van der Waals surface area contributed by atoms with Crippen LogP contribution in [-0.2, 0) is 19.1 Å². The van der Waals surface area contributed by atoms with E-state index in [0.29, 0.717) is 5.56 Å². The Kier molecular flexibility index (Phi) is 5.00. The van der Waals surface area contributed by atoms with Gasteiger partial charge in [0.1, 0.15) is 11.7 Å². The molecule has 0 bridgehead atoms. The van der Waals surface area contributed by atoms with E-state index in [-0.39, 0.29) is 24.6 Å². The fourth-order valence-corrected chi connectivity index (χ4v) is 3.61. The number of esters is 1. The van der Waals surface area contributed by atoms with Crippen molar-refractivity contribution in [2.24, 2.45) is 11.8 Å². The molecule has 2 rings (SSSR count). The Labute approximate surface area is 135 Å². The maximum absolute atomic E-state index is 12.5. The summed E-state index contributed by atoms with van der Waals surface area (Å²) in [6.45, 7) is 4.69. The number of rotatable bonds is 4. The largest absolute Gasteiger partial charge is 0.465 e. The lowest BCUT2D eigenvalue weighted by atomic mass is 9.60. The molecule has 1 aromatic carbocycles. The van der Waals surface area contributed by atoms with Gasteiger partial charge in [-0.15, -0.1) is 0 Å². The molecule has 5 nitrogen and oxygen atoms in total. The number of ether oxygens (including phenoxy) is 1. The summed E-state index contributed by atoms with van der Waals surface area (Å²) >= 11 is 0. The highest BCUT2D eigenvalue weighted by atomic mass is 16.5. The zero-order valence-electron chi connectivity index (χ0n) is 13.6. The average Bonchev–Trinajstić information content (AvgIpc) is 2.46. The predicted octanol–water partition coefficient (Wildman–Crippen LogP) is 1.88. The van der Waals surface area contributed by atoms with Crippen LogP contribution in [0.2, 0.25) is 0 Å². The van der Waals surface area contributed by atoms with Crippen molar-refractivity contribution in [1.82, 2.24) is 0 Å². The second kappa shape index (κ2) is 6.62. The molecule has 0 saturated heterocycles. The first-order valence-corrected chi connectivity index (χ1v) is 7.76. The molecule has 4 atom stereocenters. The van der Waals surface area contributed by atoms with Crippen molar-refractivity contribution in [3.05, 3.63) is 35.9 Å². The first kappa shape index (κ1) is 17.3. The summed E-state index contributed by atoms with van der Waals surface area (Å²) in [5.41, 5.74) is -0.800. The molecule has 1 fully saturated rings. The van der Waals surface area contributed by atoms with Crippen LogP contribution in [0.15, 0.2) is 30.3 Å². The molecule has 0 radical (unpaired) electrons. The van der Waals surface area contributed by atoms with E-state index in [1.54, 1.807) is 31.2 Å². The highest BCUT2D eigenvalue weighted by Gasteiger charge is 2.55. The topological polar surface area (TPSA) is 80.7 Å². The number of Topliss-reactive ketones (excluding diaryl/α,β-unsaturated/α-hetero) is 2. The minimum atomic E-state index is -1.48. The lowest BCUT2D eigenvalue weighted by Crippen LogP contribution is -2.54. The van der Waals surface area contributed by atoms with E-state index in [0.717, 1.165) is 0 Å². The van der Waals surface area contributed by atoms with Crippen molar-refractivity contribution in [2.45, 2.75) is 38.7 Å². The van der Waals surface area contributed by atoms with Crippen molar-refractivity contribution in [3.8, 4) is 0 Å². The lowest BCUT2D eigenvalue weighted by Gasteiger charge is -2.44. The molecular weight excluding hydrogens is 296 g/mol. The van der Waals surface area contributed by atoms with Gasteiger partial charge in [0, 0.05) is 12.3 Å². The quantitative estimate of drug-likeness (QED) is 0.677. The SMILES string of the molecule is CCOC(=O)C1C(=O)CC(C)(O)C(C(C)=O)C1c1ccccc1. The smallest absolute Gasteiger partial charge is 0.317 e. The van der Waals surface area contributed by atoms with Gasteiger partial charge in [-0.2, -0.15) is 0 Å². The number of carbonyl (C=O) groups is 3. The third kappa shape index (κ3) is 3.34. The zero-order chi connectivity index (χ0) is 17.2. The minimum absolute atomic E-state index is 0.158. The number of hydrogen-bond acceptors (Lipinski definition) is 5. The van der Waals surface area contributed by atoms with E-state index < -0.39 is 29.3 Å². The monoisotopic (exact) mass is 318 g/mol. The number of ketones is 2. The molecule has 1 aliphatic rings. The fourth-order valence-electron chi connectivity index (χ4n) is 3.61. The third-order valence-electron chi connectivity index (χ3n) is 4.43. The number of benzene rings is 1. The summed E-state index contributed by atoms with van der Waals surface area (Å²) in [5.74, 6) is -3.88. The Balaban J connectivity index is 2.57. The Morgan fingerprint density at radius 3 is 2.43 bits per heavy atom. The van der Waals surface area contributed by atoms with Crippen LogP contribution in [0.3, 0.4) is 0 Å². The van der Waals surface area contributed by atoms with Crippen LogP contribution in [0.25, 0.3) is 0 Å². The van der Waals surface area contributed by atoms with Gasteiger partial charge in [-0.1, -0.05) is 30.3 Å². The minimum Gasteiger partial charge on any atom is -0.465 e. The Morgan fingerprint density at radius 2 is 1.91 bits per heavy atom. The molecular formula is C18H22O5. The van der Waals surface area contributed by atoms with Crippen LogP contribution >= 0.6 is 0 Å². The predicted molar refractivity (Wildman–Crippen MR) is 83.7 cm³/mol. The third-order valence-corrected chi connectivity index (χ3v) is 4.43. The molecule has 124 valence electrons. The molecule has 1 aromatic rings. The van der Waals surface area contributed by atoms with Crippen LogP contribution in [0.5, 0.6) is 0 Å². The van der Waals surface area contributed by atoms with Crippen molar-refractivity contribution < 1.29 is 24.2 Å². The lowest BCUT2D eigenvalue weighted by molar-refractivity contribution is -0.162. The molecule has 0 aliphatic heterocycles. The van der Waals surface area contributed by atoms with Crippen molar-refractivity contribution in [1.29, 1.82) is 0 Å². The van der Waals surface area contributed by atoms with Crippen LogP contribution in [0, 0.1) is 11.8 Å². The first-order chi connectivity index (χ1) is 10.8. The number of carbonyl (C=O) groups excluding carboxylic acids is 3. The van der Waals surface area contributed by atoms with Gasteiger partial charge in [0.15, 0.2) is 5.78 Å². The highest BCUT2D eigenvalue weighted by Crippen LogP contribution is 2.46. The van der Waals surface area contributed by atoms with Gasteiger partial charge in [-0.3, -0.25) is 14.4 Å². The fraction of sp³-hybridized carbons (Fsp3) is 0.500. The summed E-state index contributed by atoms with van der Waals surface area (Å²) in [4.78, 5) is 37.0. The number of hydrogen-bond donors (Lipinski definition) is 1. The zero-order valence-corrected chi connectivity index (χ0v) is 13.6. The molecule has 1 aliphatic carbocycles. The summed E-state index contributed by atoms with van der Waals surface area (Å²) in [6, 6.07) is 8.91. The maximum Gasteiger partial charge on any atom is 0.317 e. The van der Waals surface area contributed by atoms with Crippen molar-refractivity contribution >= 4 is 17.5 Å². The van der Waals surface area contributed by atoms with E-state index in [1.807, 2.05) is 6.07 Å². The summed E-state index contributed by atoms with van der Waals surface area (Å²) < 4.78 is 5.05. The maximum atomic E-state index is 12.5. The van der Waals surface area contributed by atoms with E-state index in [1.165, 1.54) is 13.8 Å². The van der Waals surface area contributed by atoms with Crippen LogP contribution < -0.4 is 0 Å². The van der Waals surface area contributed by atoms with Crippen molar-refractivity contribution in [3.63, 3.8) is 0 Å². The Morgan fingerprint density at radius 1 is 1.30 bits per heavy atom. The highest BCUT2D eigenvalue weighted by molar-refractivity contribution is 6.03. The number of aliphatic hydroxyl groups is 1. The second-order valence-corrected chi connectivity index (χ2v) is 6.25. The van der Waals surface area contributed by atoms with E-state index in [9.17, 15) is 19.5 Å². The van der Waals surface area contributed by atoms with Gasteiger partial charge in [-0.05, 0) is 26.3 Å². The normalized spacial score (nSPS) is 30.8. The molecule has 5 heteroatoms. The molecule has 0 aromatic heterocycles. The molecule has 0 heterocycles. The van der Waals surface area contributed by atoms with E-state index >= 15 is 0 Å². The van der Waals surface area contributed by atoms with Gasteiger partial charge in [0.2, 0.25) is 0 Å². The van der Waals surface area contributed by atoms with Gasteiger partial charge < -0.3 is 9.84 Å². The van der Waals surface area contributed by atoms with Gasteiger partial charge in [0.05, 0.1) is 18.1 Å². The van der Waals surface area contributed by atoms with E-state index in [4.69, 9.17) is 4.74 Å². The van der Waals surface area contributed by atoms with Crippen molar-refractivity contribution in [2.75, 3.05) is 6.61 Å². The average molecular weight is 318 g/mol. The van der Waals surface area contributed by atoms with Gasteiger partial charge in [-0.25, -0.2) is 0 Å². The van der Waals surface area contributed by atoms with Crippen LogP contribution in [-0.4, -0.2) is 34.9 Å². The Bertz CT molecular complexity index is 605. The summed E-state index contributed by atoms with van der Waals surface area (Å²) in [6.07, 6.45) is -0.232. The second-order valence-electron chi connectivity index (χ2n) is 6.25. The van der Waals surface area contributed by atoms with Gasteiger partial charge in [0.25, 0.3) is 0 Å². The Hall–Kier alpha value is -2.01.